The van der Waals surface area contributed by atoms with Crippen molar-refractivity contribution >= 4 is 16.0 Å². The van der Waals surface area contributed by atoms with Gasteiger partial charge in [0.2, 0.25) is 16.0 Å². The molecule has 0 aliphatic heterocycles. The Balaban J connectivity index is 2.99. The molecule has 0 spiro atoms. The molecule has 0 atom stereocenters. The Morgan fingerprint density at radius 1 is 1.19 bits per heavy atom. The molecule has 0 aliphatic rings. The van der Waals surface area contributed by atoms with Crippen molar-refractivity contribution in [2.75, 3.05) is 18.4 Å². The van der Waals surface area contributed by atoms with E-state index in [0.29, 0.717) is 12.5 Å². The fourth-order valence-electron chi connectivity index (χ4n) is 1.86. The van der Waals surface area contributed by atoms with Gasteiger partial charge in [0.25, 0.3) is 0 Å². The van der Waals surface area contributed by atoms with Crippen molar-refractivity contribution in [3.63, 3.8) is 0 Å². The quantitative estimate of drug-likeness (QED) is 0.797. The van der Waals surface area contributed by atoms with Gasteiger partial charge in [0, 0.05) is 19.1 Å². The van der Waals surface area contributed by atoms with Crippen LogP contribution in [0, 0.1) is 5.92 Å². The molecule has 1 heterocycles. The van der Waals surface area contributed by atoms with Crippen molar-refractivity contribution in [3.8, 4) is 0 Å². The molecule has 0 unspecified atom stereocenters. The van der Waals surface area contributed by atoms with E-state index in [0.717, 1.165) is 13.0 Å². The number of hydrogen-bond acceptors (Lipinski definition) is 5. The lowest BCUT2D eigenvalue weighted by atomic mass is 10.2. The van der Waals surface area contributed by atoms with Gasteiger partial charge in [-0.05, 0) is 26.2 Å². The van der Waals surface area contributed by atoms with Gasteiger partial charge in [-0.15, -0.1) is 0 Å². The molecule has 1 N–H and O–H groups in total. The van der Waals surface area contributed by atoms with Gasteiger partial charge in [0.05, 0.1) is 12.4 Å². The van der Waals surface area contributed by atoms with E-state index in [1.54, 1.807) is 0 Å². The van der Waals surface area contributed by atoms with Gasteiger partial charge in [-0.2, -0.15) is 4.31 Å². The fourth-order valence-corrected chi connectivity index (χ4v) is 3.55. The molecule has 0 radical (unpaired) electrons. The molecule has 21 heavy (non-hydrogen) atoms. The van der Waals surface area contributed by atoms with Gasteiger partial charge in [-0.25, -0.2) is 18.4 Å². The van der Waals surface area contributed by atoms with E-state index in [1.165, 1.54) is 16.7 Å². The first-order chi connectivity index (χ1) is 9.78. The number of sulfonamides is 1. The van der Waals surface area contributed by atoms with Crippen molar-refractivity contribution in [1.29, 1.82) is 0 Å². The Hall–Kier alpha value is -1.21. The lowest BCUT2D eigenvalue weighted by molar-refractivity contribution is 0.318. The molecule has 0 bridgehead atoms. The van der Waals surface area contributed by atoms with E-state index in [4.69, 9.17) is 0 Å². The maximum atomic E-state index is 12.7. The summed E-state index contributed by atoms with van der Waals surface area (Å²) in [6.07, 6.45) is 3.70. The molecular formula is C14H26N4O2S. The lowest BCUT2D eigenvalue weighted by Gasteiger charge is -2.27. The highest BCUT2D eigenvalue weighted by molar-refractivity contribution is 7.89. The zero-order valence-corrected chi connectivity index (χ0v) is 14.3. The summed E-state index contributed by atoms with van der Waals surface area (Å²) >= 11 is 0. The number of nitrogens with one attached hydrogen (secondary N) is 1. The molecule has 0 fully saturated rings. The topological polar surface area (TPSA) is 75.2 Å². The minimum atomic E-state index is -3.55. The summed E-state index contributed by atoms with van der Waals surface area (Å²) in [4.78, 5) is 8.29. The monoisotopic (exact) mass is 314 g/mol. The van der Waals surface area contributed by atoms with Crippen LogP contribution in [-0.2, 0) is 10.0 Å². The van der Waals surface area contributed by atoms with Gasteiger partial charge in [-0.3, -0.25) is 0 Å². The van der Waals surface area contributed by atoms with Crippen molar-refractivity contribution in [3.05, 3.63) is 12.4 Å². The number of hydrogen-bond donors (Lipinski definition) is 1. The maximum absolute atomic E-state index is 12.7. The zero-order chi connectivity index (χ0) is 16.0. The van der Waals surface area contributed by atoms with Crippen molar-refractivity contribution in [2.24, 2.45) is 5.92 Å². The molecular weight excluding hydrogens is 288 g/mol. The van der Waals surface area contributed by atoms with Crippen molar-refractivity contribution in [2.45, 2.75) is 52.0 Å². The number of nitrogens with zero attached hydrogens (tertiary/aromatic N) is 3. The summed E-state index contributed by atoms with van der Waals surface area (Å²) in [5.74, 6) is 0.712. The van der Waals surface area contributed by atoms with Gasteiger partial charge < -0.3 is 5.32 Å². The molecule has 1 aromatic heterocycles. The molecule has 0 aromatic carbocycles. The summed E-state index contributed by atoms with van der Waals surface area (Å²) in [6, 6.07) is -0.102. The second-order valence-electron chi connectivity index (χ2n) is 5.73. The first-order valence-electron chi connectivity index (χ1n) is 7.36. The average molecular weight is 314 g/mol. The SMILES string of the molecule is CCCNc1ncc(S(=O)(=O)N(CC(C)C)C(C)C)cn1. The molecule has 0 aliphatic carbocycles. The van der Waals surface area contributed by atoms with E-state index >= 15 is 0 Å². The van der Waals surface area contributed by atoms with E-state index in [1.807, 2.05) is 34.6 Å². The molecule has 120 valence electrons. The summed E-state index contributed by atoms with van der Waals surface area (Å²) in [6.45, 7) is 11.0. The molecule has 0 saturated carbocycles. The van der Waals surface area contributed by atoms with Crippen LogP contribution >= 0.6 is 0 Å². The Morgan fingerprint density at radius 2 is 1.76 bits per heavy atom. The fraction of sp³-hybridized carbons (Fsp3) is 0.714. The van der Waals surface area contributed by atoms with Crippen LogP contribution in [0.4, 0.5) is 5.95 Å². The molecule has 1 aromatic rings. The smallest absolute Gasteiger partial charge is 0.246 e. The van der Waals surface area contributed by atoms with Crippen LogP contribution in [0.1, 0.15) is 41.0 Å². The molecule has 6 nitrogen and oxygen atoms in total. The number of rotatable bonds is 8. The van der Waals surface area contributed by atoms with Gasteiger partial charge in [-0.1, -0.05) is 20.8 Å². The van der Waals surface area contributed by atoms with E-state index in [2.05, 4.69) is 15.3 Å². The number of anilines is 1. The highest BCUT2D eigenvalue weighted by Crippen LogP contribution is 2.19. The molecule has 0 saturated heterocycles. The summed E-state index contributed by atoms with van der Waals surface area (Å²) in [7, 11) is -3.55. The second-order valence-corrected chi connectivity index (χ2v) is 7.62. The Bertz CT molecular complexity index is 526. The lowest BCUT2D eigenvalue weighted by Crippen LogP contribution is -2.39. The van der Waals surface area contributed by atoms with E-state index in [-0.39, 0.29) is 16.9 Å². The second kappa shape index (κ2) is 7.70. The number of aromatic nitrogens is 2. The third-order valence-electron chi connectivity index (χ3n) is 2.89. The largest absolute Gasteiger partial charge is 0.354 e. The van der Waals surface area contributed by atoms with Crippen LogP contribution < -0.4 is 5.32 Å². The standard InChI is InChI=1S/C14H26N4O2S/c1-6-7-15-14-16-8-13(9-17-14)21(19,20)18(12(4)5)10-11(2)3/h8-9,11-12H,6-7,10H2,1-5H3,(H,15,16,17). The highest BCUT2D eigenvalue weighted by Gasteiger charge is 2.28. The first-order valence-corrected chi connectivity index (χ1v) is 8.80. The van der Waals surface area contributed by atoms with Crippen molar-refractivity contribution < 1.29 is 8.42 Å². The summed E-state index contributed by atoms with van der Waals surface area (Å²) in [5, 5.41) is 3.03. The maximum Gasteiger partial charge on any atom is 0.246 e. The molecule has 0 amide bonds. The van der Waals surface area contributed by atoms with Gasteiger partial charge >= 0.3 is 0 Å². The van der Waals surface area contributed by atoms with E-state index < -0.39 is 10.0 Å². The van der Waals surface area contributed by atoms with Gasteiger partial charge in [0.15, 0.2) is 0 Å². The molecule has 1 rings (SSSR count). The van der Waals surface area contributed by atoms with Crippen LogP contribution in [0.3, 0.4) is 0 Å². The van der Waals surface area contributed by atoms with Crippen LogP contribution in [0.25, 0.3) is 0 Å². The van der Waals surface area contributed by atoms with Crippen LogP contribution in [0.5, 0.6) is 0 Å². The average Bonchev–Trinajstić information content (AvgIpc) is 2.42. The van der Waals surface area contributed by atoms with Gasteiger partial charge in [0.1, 0.15) is 4.90 Å². The predicted octanol–water partition coefficient (Wildman–Crippen LogP) is 2.35. The van der Waals surface area contributed by atoms with Crippen LogP contribution in [0.2, 0.25) is 0 Å². The first kappa shape index (κ1) is 17.8. The van der Waals surface area contributed by atoms with Crippen LogP contribution in [0.15, 0.2) is 17.3 Å². The highest BCUT2D eigenvalue weighted by atomic mass is 32.2. The van der Waals surface area contributed by atoms with E-state index in [9.17, 15) is 8.42 Å². The zero-order valence-electron chi connectivity index (χ0n) is 13.5. The van der Waals surface area contributed by atoms with Crippen LogP contribution in [-0.4, -0.2) is 41.8 Å². The summed E-state index contributed by atoms with van der Waals surface area (Å²) < 4.78 is 26.8. The minimum absolute atomic E-state index is 0.102. The Labute approximate surface area is 128 Å². The molecule has 7 heteroatoms. The summed E-state index contributed by atoms with van der Waals surface area (Å²) in [5.41, 5.74) is 0. The minimum Gasteiger partial charge on any atom is -0.354 e. The third kappa shape index (κ3) is 4.93. The third-order valence-corrected chi connectivity index (χ3v) is 4.88. The Morgan fingerprint density at radius 3 is 2.19 bits per heavy atom. The predicted molar refractivity (Wildman–Crippen MR) is 84.7 cm³/mol. The van der Waals surface area contributed by atoms with Crippen molar-refractivity contribution in [1.82, 2.24) is 14.3 Å². The Kier molecular flexibility index (Phi) is 6.54. The normalized spacial score (nSPS) is 12.4.